The summed E-state index contributed by atoms with van der Waals surface area (Å²) in [4.78, 5) is 18.1. The lowest BCUT2D eigenvalue weighted by molar-refractivity contribution is 0.0703. The van der Waals surface area contributed by atoms with E-state index in [-0.39, 0.29) is 5.91 Å². The van der Waals surface area contributed by atoms with Gasteiger partial charge < -0.3 is 15.4 Å². The molecule has 0 unspecified atom stereocenters. The average Bonchev–Trinajstić information content (AvgIpc) is 2.33. The maximum absolute atomic E-state index is 12.1. The molecule has 1 heterocycles. The molecule has 5 nitrogen and oxygen atoms in total. The Morgan fingerprint density at radius 3 is 2.72 bits per heavy atom. The first-order chi connectivity index (χ1) is 8.56. The van der Waals surface area contributed by atoms with Crippen LogP contribution in [0.25, 0.3) is 0 Å². The first-order valence-corrected chi connectivity index (χ1v) is 6.03. The maximum atomic E-state index is 12.1. The molecule has 1 rings (SSSR count). The molecule has 0 radical (unpaired) electrons. The monoisotopic (exact) mass is 251 g/mol. The van der Waals surface area contributed by atoms with Crippen LogP contribution < -0.4 is 5.73 Å². The first kappa shape index (κ1) is 14.6. The summed E-state index contributed by atoms with van der Waals surface area (Å²) in [6.07, 6.45) is 0. The number of amides is 1. The van der Waals surface area contributed by atoms with Crippen molar-refractivity contribution in [2.75, 3.05) is 33.4 Å². The van der Waals surface area contributed by atoms with Crippen LogP contribution in [0.15, 0.2) is 12.1 Å². The van der Waals surface area contributed by atoms with Gasteiger partial charge in [-0.3, -0.25) is 9.78 Å². The smallest absolute Gasteiger partial charge is 0.255 e. The predicted octanol–water partition coefficient (Wildman–Crippen LogP) is 0.746. The van der Waals surface area contributed by atoms with Gasteiger partial charge in [0.05, 0.1) is 24.5 Å². The Bertz CT molecular complexity index is 407. The molecular weight excluding hydrogens is 230 g/mol. The molecule has 0 fully saturated rings. The van der Waals surface area contributed by atoms with E-state index in [1.807, 2.05) is 26.0 Å². The SMILES string of the molecule is Cc1ccc(C(=O)N(C)CCOCCN)c(C)n1. The van der Waals surface area contributed by atoms with E-state index >= 15 is 0 Å². The zero-order valence-electron chi connectivity index (χ0n) is 11.3. The fraction of sp³-hybridized carbons (Fsp3) is 0.538. The van der Waals surface area contributed by atoms with Gasteiger partial charge in [-0.05, 0) is 26.0 Å². The van der Waals surface area contributed by atoms with Crippen LogP contribution in [0.2, 0.25) is 0 Å². The van der Waals surface area contributed by atoms with Gasteiger partial charge in [0.25, 0.3) is 5.91 Å². The van der Waals surface area contributed by atoms with Gasteiger partial charge in [-0.1, -0.05) is 0 Å². The lowest BCUT2D eigenvalue weighted by Crippen LogP contribution is -2.31. The lowest BCUT2D eigenvalue weighted by atomic mass is 10.1. The summed E-state index contributed by atoms with van der Waals surface area (Å²) in [5.74, 6) is -0.0312. The molecule has 0 bridgehead atoms. The van der Waals surface area contributed by atoms with Crippen molar-refractivity contribution >= 4 is 5.91 Å². The number of hydrogen-bond acceptors (Lipinski definition) is 4. The fourth-order valence-corrected chi connectivity index (χ4v) is 1.61. The zero-order chi connectivity index (χ0) is 13.5. The van der Waals surface area contributed by atoms with E-state index in [9.17, 15) is 4.79 Å². The van der Waals surface area contributed by atoms with E-state index < -0.39 is 0 Å². The molecule has 1 aromatic heterocycles. The van der Waals surface area contributed by atoms with Crippen molar-refractivity contribution in [3.05, 3.63) is 29.1 Å². The highest BCUT2D eigenvalue weighted by Crippen LogP contribution is 2.09. The van der Waals surface area contributed by atoms with Gasteiger partial charge in [-0.15, -0.1) is 0 Å². The predicted molar refractivity (Wildman–Crippen MR) is 70.5 cm³/mol. The molecular formula is C13H21N3O2. The van der Waals surface area contributed by atoms with Crippen LogP contribution in [-0.4, -0.2) is 49.1 Å². The molecule has 100 valence electrons. The van der Waals surface area contributed by atoms with E-state index in [4.69, 9.17) is 10.5 Å². The minimum absolute atomic E-state index is 0.0312. The van der Waals surface area contributed by atoms with Crippen molar-refractivity contribution in [3.8, 4) is 0 Å². The van der Waals surface area contributed by atoms with E-state index in [0.717, 1.165) is 11.4 Å². The first-order valence-electron chi connectivity index (χ1n) is 6.03. The number of hydrogen-bond donors (Lipinski definition) is 1. The van der Waals surface area contributed by atoms with Gasteiger partial charge in [-0.25, -0.2) is 0 Å². The van der Waals surface area contributed by atoms with Crippen LogP contribution in [0, 0.1) is 13.8 Å². The Kier molecular flexibility index (Phi) is 5.74. The molecule has 0 aromatic carbocycles. The largest absolute Gasteiger partial charge is 0.378 e. The highest BCUT2D eigenvalue weighted by Gasteiger charge is 2.14. The summed E-state index contributed by atoms with van der Waals surface area (Å²) in [5.41, 5.74) is 7.63. The normalized spacial score (nSPS) is 10.4. The Hall–Kier alpha value is -1.46. The number of pyridine rings is 1. The summed E-state index contributed by atoms with van der Waals surface area (Å²) < 4.78 is 5.25. The number of nitrogens with two attached hydrogens (primary N) is 1. The van der Waals surface area contributed by atoms with Crippen molar-refractivity contribution in [1.82, 2.24) is 9.88 Å². The van der Waals surface area contributed by atoms with Crippen LogP contribution in [-0.2, 0) is 4.74 Å². The van der Waals surface area contributed by atoms with Gasteiger partial charge >= 0.3 is 0 Å². The minimum atomic E-state index is -0.0312. The van der Waals surface area contributed by atoms with Crippen molar-refractivity contribution < 1.29 is 9.53 Å². The van der Waals surface area contributed by atoms with Gasteiger partial charge in [0.1, 0.15) is 0 Å². The van der Waals surface area contributed by atoms with Gasteiger partial charge in [0, 0.05) is 25.8 Å². The summed E-state index contributed by atoms with van der Waals surface area (Å²) in [7, 11) is 1.76. The third-order valence-electron chi connectivity index (χ3n) is 2.64. The second-order valence-corrected chi connectivity index (χ2v) is 4.21. The molecule has 18 heavy (non-hydrogen) atoms. The van der Waals surface area contributed by atoms with E-state index in [1.165, 1.54) is 0 Å². The van der Waals surface area contributed by atoms with Crippen LogP contribution in [0.1, 0.15) is 21.7 Å². The molecule has 0 aliphatic carbocycles. The summed E-state index contributed by atoms with van der Waals surface area (Å²) in [6, 6.07) is 3.66. The molecule has 0 aliphatic heterocycles. The molecule has 5 heteroatoms. The summed E-state index contributed by atoms with van der Waals surface area (Å²) in [6.45, 7) is 5.82. The second kappa shape index (κ2) is 7.08. The summed E-state index contributed by atoms with van der Waals surface area (Å²) in [5, 5.41) is 0. The number of rotatable bonds is 6. The minimum Gasteiger partial charge on any atom is -0.378 e. The number of nitrogens with zero attached hydrogens (tertiary/aromatic N) is 2. The molecule has 0 aliphatic rings. The standard InChI is InChI=1S/C13H21N3O2/c1-10-4-5-12(11(2)15-10)13(17)16(3)7-9-18-8-6-14/h4-5H,6-9,14H2,1-3H3. The molecule has 0 saturated heterocycles. The molecule has 2 N–H and O–H groups in total. The Morgan fingerprint density at radius 1 is 1.39 bits per heavy atom. The van der Waals surface area contributed by atoms with Crippen molar-refractivity contribution in [1.29, 1.82) is 0 Å². The third kappa shape index (κ3) is 4.09. The van der Waals surface area contributed by atoms with Gasteiger partial charge in [0.2, 0.25) is 0 Å². The van der Waals surface area contributed by atoms with E-state index in [0.29, 0.717) is 31.9 Å². The van der Waals surface area contributed by atoms with Crippen LogP contribution >= 0.6 is 0 Å². The van der Waals surface area contributed by atoms with Crippen molar-refractivity contribution in [2.24, 2.45) is 5.73 Å². The fourth-order valence-electron chi connectivity index (χ4n) is 1.61. The molecule has 0 saturated carbocycles. The van der Waals surface area contributed by atoms with Gasteiger partial charge in [-0.2, -0.15) is 0 Å². The Balaban J connectivity index is 2.57. The Morgan fingerprint density at radius 2 is 2.11 bits per heavy atom. The van der Waals surface area contributed by atoms with Crippen molar-refractivity contribution in [2.45, 2.75) is 13.8 Å². The summed E-state index contributed by atoms with van der Waals surface area (Å²) >= 11 is 0. The molecule has 1 amide bonds. The number of carbonyl (C=O) groups is 1. The lowest BCUT2D eigenvalue weighted by Gasteiger charge is -2.18. The molecule has 0 spiro atoms. The van der Waals surface area contributed by atoms with Crippen LogP contribution in [0.4, 0.5) is 0 Å². The number of carbonyl (C=O) groups excluding carboxylic acids is 1. The van der Waals surface area contributed by atoms with Crippen molar-refractivity contribution in [3.63, 3.8) is 0 Å². The number of likely N-dealkylation sites (N-methyl/N-ethyl adjacent to an activating group) is 1. The number of ether oxygens (including phenoxy) is 1. The van der Waals surface area contributed by atoms with E-state index in [2.05, 4.69) is 4.98 Å². The molecule has 0 atom stereocenters. The zero-order valence-corrected chi connectivity index (χ0v) is 11.3. The number of aryl methyl sites for hydroxylation is 2. The third-order valence-corrected chi connectivity index (χ3v) is 2.64. The number of aromatic nitrogens is 1. The van der Waals surface area contributed by atoms with Crippen LogP contribution in [0.5, 0.6) is 0 Å². The topological polar surface area (TPSA) is 68.5 Å². The maximum Gasteiger partial charge on any atom is 0.255 e. The van der Waals surface area contributed by atoms with Gasteiger partial charge in [0.15, 0.2) is 0 Å². The van der Waals surface area contributed by atoms with E-state index in [1.54, 1.807) is 11.9 Å². The second-order valence-electron chi connectivity index (χ2n) is 4.21. The van der Waals surface area contributed by atoms with Crippen LogP contribution in [0.3, 0.4) is 0 Å². The average molecular weight is 251 g/mol. The Labute approximate surface area is 108 Å². The highest BCUT2D eigenvalue weighted by molar-refractivity contribution is 5.95. The highest BCUT2D eigenvalue weighted by atomic mass is 16.5. The quantitative estimate of drug-likeness (QED) is 0.757. The molecule has 1 aromatic rings.